The molecule has 1 aliphatic heterocycles. The average molecular weight is 392 g/mol. The fourth-order valence-electron chi connectivity index (χ4n) is 3.65. The van der Waals surface area contributed by atoms with E-state index < -0.39 is 0 Å². The van der Waals surface area contributed by atoms with E-state index in [4.69, 9.17) is 9.51 Å². The van der Waals surface area contributed by atoms with Crippen molar-refractivity contribution in [1.29, 1.82) is 0 Å². The first-order valence-corrected chi connectivity index (χ1v) is 9.73. The molecule has 0 saturated carbocycles. The first-order valence-electron chi connectivity index (χ1n) is 9.73. The Balaban J connectivity index is 1.79. The molecular formula is C21H24N6O2. The second-order valence-corrected chi connectivity index (χ2v) is 7.45. The zero-order valence-corrected chi connectivity index (χ0v) is 16.9. The lowest BCUT2D eigenvalue weighted by Crippen LogP contribution is -2.39. The molecule has 4 rings (SSSR count). The number of rotatable bonds is 4. The van der Waals surface area contributed by atoms with Gasteiger partial charge in [-0.3, -0.25) is 9.78 Å². The third-order valence-corrected chi connectivity index (χ3v) is 5.09. The predicted octanol–water partition coefficient (Wildman–Crippen LogP) is 3.27. The Kier molecular flexibility index (Phi) is 5.24. The lowest BCUT2D eigenvalue weighted by atomic mass is 9.95. The van der Waals surface area contributed by atoms with Gasteiger partial charge in [0.15, 0.2) is 5.76 Å². The van der Waals surface area contributed by atoms with Crippen LogP contribution in [0.3, 0.4) is 0 Å². The van der Waals surface area contributed by atoms with E-state index in [0.717, 1.165) is 36.2 Å². The summed E-state index contributed by atoms with van der Waals surface area (Å²) in [7, 11) is 3.80. The third kappa shape index (κ3) is 3.83. The molecule has 0 bridgehead atoms. The zero-order chi connectivity index (χ0) is 20.4. The number of carbonyl (C=O) groups is 1. The third-order valence-electron chi connectivity index (χ3n) is 5.09. The van der Waals surface area contributed by atoms with Gasteiger partial charge in [-0.1, -0.05) is 5.16 Å². The molecule has 1 amide bonds. The largest absolute Gasteiger partial charge is 0.356 e. The van der Waals surface area contributed by atoms with Crippen molar-refractivity contribution in [2.75, 3.05) is 25.5 Å². The highest BCUT2D eigenvalue weighted by molar-refractivity contribution is 5.94. The summed E-state index contributed by atoms with van der Waals surface area (Å²) in [5.41, 5.74) is 2.93. The fraction of sp³-hybridized carbons (Fsp3) is 0.381. The molecular weight excluding hydrogens is 368 g/mol. The van der Waals surface area contributed by atoms with Gasteiger partial charge in [0.1, 0.15) is 0 Å². The number of nitrogens with zero attached hydrogens (tertiary/aromatic N) is 6. The van der Waals surface area contributed by atoms with Crippen molar-refractivity contribution in [2.45, 2.75) is 32.2 Å². The number of likely N-dealkylation sites (tertiary alicyclic amines) is 1. The molecule has 0 aromatic carbocycles. The topological polar surface area (TPSA) is 88.3 Å². The number of hydrogen-bond acceptors (Lipinski definition) is 7. The summed E-state index contributed by atoms with van der Waals surface area (Å²) in [5, 5.41) is 4.01. The summed E-state index contributed by atoms with van der Waals surface area (Å²) < 4.78 is 5.51. The van der Waals surface area contributed by atoms with Crippen LogP contribution in [0.1, 0.15) is 47.1 Å². The molecule has 150 valence electrons. The van der Waals surface area contributed by atoms with E-state index in [9.17, 15) is 4.79 Å². The van der Waals surface area contributed by atoms with E-state index in [-0.39, 0.29) is 11.9 Å². The number of pyridine rings is 1. The summed E-state index contributed by atoms with van der Waals surface area (Å²) in [6.07, 6.45) is 7.86. The molecule has 1 fully saturated rings. The minimum absolute atomic E-state index is 0.0347. The Bertz CT molecular complexity index is 1000. The second kappa shape index (κ2) is 7.98. The number of hydrogen-bond donors (Lipinski definition) is 0. The maximum atomic E-state index is 13.3. The highest BCUT2D eigenvalue weighted by atomic mass is 16.5. The van der Waals surface area contributed by atoms with E-state index in [2.05, 4.69) is 15.1 Å². The Hall–Kier alpha value is -3.29. The van der Waals surface area contributed by atoms with Crippen LogP contribution in [0.5, 0.6) is 0 Å². The molecule has 29 heavy (non-hydrogen) atoms. The first kappa shape index (κ1) is 19.0. The molecule has 0 aliphatic carbocycles. The maximum Gasteiger partial charge on any atom is 0.255 e. The minimum Gasteiger partial charge on any atom is -0.356 e. The van der Waals surface area contributed by atoms with Crippen LogP contribution in [0, 0.1) is 6.92 Å². The van der Waals surface area contributed by atoms with Gasteiger partial charge in [-0.15, -0.1) is 0 Å². The maximum absolute atomic E-state index is 13.3. The van der Waals surface area contributed by atoms with Gasteiger partial charge in [0.2, 0.25) is 5.95 Å². The zero-order valence-electron chi connectivity index (χ0n) is 16.9. The minimum atomic E-state index is -0.168. The first-order chi connectivity index (χ1) is 14.0. The van der Waals surface area contributed by atoms with Crippen LogP contribution in [-0.2, 0) is 0 Å². The monoisotopic (exact) mass is 392 g/mol. The molecule has 4 heterocycles. The van der Waals surface area contributed by atoms with E-state index in [1.165, 1.54) is 0 Å². The smallest absolute Gasteiger partial charge is 0.255 e. The number of amides is 1. The summed E-state index contributed by atoms with van der Waals surface area (Å²) in [4.78, 5) is 30.4. The SMILES string of the molecule is Cc1cc(-c2cnc(N(C)C)nc2[C@H]2CCCCN2C(=O)c2cccnc2)on1. The molecule has 0 N–H and O–H groups in total. The number of aromatic nitrogens is 4. The van der Waals surface area contributed by atoms with E-state index in [1.54, 1.807) is 30.7 Å². The standard InChI is InChI=1S/C21H24N6O2/c1-14-11-18(29-25-14)16-13-23-21(26(2)3)24-19(16)17-8-4-5-10-27(17)20(28)15-7-6-9-22-12-15/h6-7,9,11-13,17H,4-5,8,10H2,1-3H3/t17-/m1/s1. The number of piperidine rings is 1. The van der Waals surface area contributed by atoms with Gasteiger partial charge in [0, 0.05) is 45.3 Å². The van der Waals surface area contributed by atoms with Gasteiger partial charge in [0.05, 0.1) is 28.6 Å². The van der Waals surface area contributed by atoms with Crippen molar-refractivity contribution in [3.05, 3.63) is 53.7 Å². The van der Waals surface area contributed by atoms with Crippen molar-refractivity contribution in [3.8, 4) is 11.3 Å². The van der Waals surface area contributed by atoms with Gasteiger partial charge in [-0.05, 0) is 38.3 Å². The normalized spacial score (nSPS) is 16.7. The average Bonchev–Trinajstić information content (AvgIpc) is 3.19. The Morgan fingerprint density at radius 1 is 1.28 bits per heavy atom. The highest BCUT2D eigenvalue weighted by Crippen LogP contribution is 2.37. The predicted molar refractivity (Wildman–Crippen MR) is 108 cm³/mol. The Morgan fingerprint density at radius 2 is 2.14 bits per heavy atom. The highest BCUT2D eigenvalue weighted by Gasteiger charge is 2.33. The van der Waals surface area contributed by atoms with Crippen LogP contribution in [0.25, 0.3) is 11.3 Å². The van der Waals surface area contributed by atoms with Gasteiger partial charge in [0.25, 0.3) is 5.91 Å². The lowest BCUT2D eigenvalue weighted by Gasteiger charge is -2.36. The molecule has 8 heteroatoms. The van der Waals surface area contributed by atoms with E-state index in [1.807, 2.05) is 36.9 Å². The Labute approximate surface area is 169 Å². The molecule has 0 radical (unpaired) electrons. The lowest BCUT2D eigenvalue weighted by molar-refractivity contribution is 0.0606. The van der Waals surface area contributed by atoms with Crippen LogP contribution >= 0.6 is 0 Å². The molecule has 8 nitrogen and oxygen atoms in total. The summed E-state index contributed by atoms with van der Waals surface area (Å²) >= 11 is 0. The molecule has 1 saturated heterocycles. The van der Waals surface area contributed by atoms with E-state index >= 15 is 0 Å². The number of anilines is 1. The molecule has 1 atom stereocenters. The van der Waals surface area contributed by atoms with Crippen molar-refractivity contribution >= 4 is 11.9 Å². The molecule has 3 aromatic rings. The van der Waals surface area contributed by atoms with Crippen LogP contribution in [-0.4, -0.2) is 51.6 Å². The van der Waals surface area contributed by atoms with Crippen molar-refractivity contribution in [3.63, 3.8) is 0 Å². The molecule has 0 spiro atoms. The number of carbonyl (C=O) groups excluding carboxylic acids is 1. The quantitative estimate of drug-likeness (QED) is 0.673. The second-order valence-electron chi connectivity index (χ2n) is 7.45. The van der Waals surface area contributed by atoms with Crippen LogP contribution < -0.4 is 4.90 Å². The van der Waals surface area contributed by atoms with Gasteiger partial charge >= 0.3 is 0 Å². The van der Waals surface area contributed by atoms with Gasteiger partial charge < -0.3 is 14.3 Å². The summed E-state index contributed by atoms with van der Waals surface area (Å²) in [5.74, 6) is 1.18. The van der Waals surface area contributed by atoms with Crippen LogP contribution in [0.15, 0.2) is 41.3 Å². The van der Waals surface area contributed by atoms with Crippen LogP contribution in [0.2, 0.25) is 0 Å². The number of aryl methyl sites for hydroxylation is 1. The van der Waals surface area contributed by atoms with Gasteiger partial charge in [-0.2, -0.15) is 0 Å². The van der Waals surface area contributed by atoms with Crippen LogP contribution in [0.4, 0.5) is 5.95 Å². The molecule has 3 aromatic heterocycles. The Morgan fingerprint density at radius 3 is 2.83 bits per heavy atom. The molecule has 0 unspecified atom stereocenters. The van der Waals surface area contributed by atoms with E-state index in [0.29, 0.717) is 23.8 Å². The summed E-state index contributed by atoms with van der Waals surface area (Å²) in [6.45, 7) is 2.55. The van der Waals surface area contributed by atoms with Crippen molar-refractivity contribution < 1.29 is 9.32 Å². The summed E-state index contributed by atoms with van der Waals surface area (Å²) in [6, 6.07) is 5.28. The molecule has 1 aliphatic rings. The van der Waals surface area contributed by atoms with Crippen molar-refractivity contribution in [2.24, 2.45) is 0 Å². The van der Waals surface area contributed by atoms with Crippen molar-refractivity contribution in [1.82, 2.24) is 25.0 Å². The van der Waals surface area contributed by atoms with Gasteiger partial charge in [-0.25, -0.2) is 9.97 Å². The fourth-order valence-corrected chi connectivity index (χ4v) is 3.65.